The minimum atomic E-state index is -0.150. The van der Waals surface area contributed by atoms with E-state index < -0.39 is 0 Å². The average molecular weight is 396 g/mol. The van der Waals surface area contributed by atoms with Crippen LogP contribution in [0.25, 0.3) is 0 Å². The van der Waals surface area contributed by atoms with E-state index in [0.717, 1.165) is 36.9 Å². The van der Waals surface area contributed by atoms with Crippen molar-refractivity contribution in [1.29, 1.82) is 0 Å². The summed E-state index contributed by atoms with van der Waals surface area (Å²) in [6, 6.07) is 7.43. The van der Waals surface area contributed by atoms with Crippen molar-refractivity contribution in [3.05, 3.63) is 34.3 Å². The SMILES string of the molecule is CCCN1CCC(NC(=O)CCNC(=O)c2ccc(Br)cc2)CC1. The molecule has 0 aromatic heterocycles. The van der Waals surface area contributed by atoms with Crippen molar-refractivity contribution < 1.29 is 9.59 Å². The van der Waals surface area contributed by atoms with Gasteiger partial charge >= 0.3 is 0 Å². The molecule has 1 fully saturated rings. The lowest BCUT2D eigenvalue weighted by atomic mass is 10.0. The average Bonchev–Trinajstić information content (AvgIpc) is 2.57. The third-order valence-corrected chi connectivity index (χ3v) is 4.77. The zero-order valence-electron chi connectivity index (χ0n) is 14.2. The van der Waals surface area contributed by atoms with Crippen LogP contribution in [0.3, 0.4) is 0 Å². The number of hydrogen-bond donors (Lipinski definition) is 2. The number of halogens is 1. The van der Waals surface area contributed by atoms with Crippen LogP contribution in [0, 0.1) is 0 Å². The molecule has 0 aliphatic carbocycles. The number of amides is 2. The molecule has 0 radical (unpaired) electrons. The van der Waals surface area contributed by atoms with Crippen LogP contribution in [0.5, 0.6) is 0 Å². The first-order valence-electron chi connectivity index (χ1n) is 8.64. The Kier molecular flexibility index (Phi) is 7.72. The van der Waals surface area contributed by atoms with Gasteiger partial charge < -0.3 is 15.5 Å². The number of benzene rings is 1. The van der Waals surface area contributed by atoms with Crippen LogP contribution < -0.4 is 10.6 Å². The van der Waals surface area contributed by atoms with E-state index in [4.69, 9.17) is 0 Å². The summed E-state index contributed by atoms with van der Waals surface area (Å²) in [5, 5.41) is 5.87. The molecular weight excluding hydrogens is 370 g/mol. The van der Waals surface area contributed by atoms with Gasteiger partial charge in [0.05, 0.1) is 0 Å². The maximum atomic E-state index is 12.0. The maximum absolute atomic E-state index is 12.0. The molecule has 1 aromatic rings. The van der Waals surface area contributed by atoms with Gasteiger partial charge in [0.2, 0.25) is 5.91 Å². The van der Waals surface area contributed by atoms with E-state index in [-0.39, 0.29) is 17.9 Å². The monoisotopic (exact) mass is 395 g/mol. The Balaban J connectivity index is 1.63. The minimum Gasteiger partial charge on any atom is -0.353 e. The summed E-state index contributed by atoms with van der Waals surface area (Å²) in [4.78, 5) is 26.4. The Morgan fingerprint density at radius 1 is 1.21 bits per heavy atom. The molecular formula is C18H26BrN3O2. The van der Waals surface area contributed by atoms with Crippen LogP contribution in [0.1, 0.15) is 43.0 Å². The third kappa shape index (κ3) is 6.24. The number of carbonyl (C=O) groups excluding carboxylic acids is 2. The van der Waals surface area contributed by atoms with Gasteiger partial charge in [0.15, 0.2) is 0 Å². The van der Waals surface area contributed by atoms with Crippen LogP contribution in [-0.2, 0) is 4.79 Å². The first-order chi connectivity index (χ1) is 11.6. The predicted molar refractivity (Wildman–Crippen MR) is 99.0 cm³/mol. The van der Waals surface area contributed by atoms with E-state index >= 15 is 0 Å². The highest BCUT2D eigenvalue weighted by Gasteiger charge is 2.19. The number of nitrogens with one attached hydrogen (secondary N) is 2. The molecule has 1 aliphatic heterocycles. The molecule has 0 spiro atoms. The van der Waals surface area contributed by atoms with Crippen molar-refractivity contribution in [2.24, 2.45) is 0 Å². The van der Waals surface area contributed by atoms with Crippen molar-refractivity contribution in [2.45, 2.75) is 38.6 Å². The first-order valence-corrected chi connectivity index (χ1v) is 9.43. The highest BCUT2D eigenvalue weighted by Crippen LogP contribution is 2.11. The lowest BCUT2D eigenvalue weighted by Crippen LogP contribution is -2.45. The second kappa shape index (κ2) is 9.79. The van der Waals surface area contributed by atoms with E-state index in [2.05, 4.69) is 38.4 Å². The fourth-order valence-electron chi connectivity index (χ4n) is 2.91. The van der Waals surface area contributed by atoms with E-state index in [1.165, 1.54) is 6.42 Å². The van der Waals surface area contributed by atoms with Gasteiger partial charge in [-0.2, -0.15) is 0 Å². The molecule has 1 heterocycles. The van der Waals surface area contributed by atoms with E-state index in [9.17, 15) is 9.59 Å². The zero-order chi connectivity index (χ0) is 17.4. The van der Waals surface area contributed by atoms with E-state index in [0.29, 0.717) is 18.5 Å². The van der Waals surface area contributed by atoms with Gasteiger partial charge in [0.25, 0.3) is 5.91 Å². The van der Waals surface area contributed by atoms with Crippen LogP contribution in [0.4, 0.5) is 0 Å². The molecule has 0 unspecified atom stereocenters. The van der Waals surface area contributed by atoms with Gasteiger partial charge in [-0.25, -0.2) is 0 Å². The predicted octanol–water partition coefficient (Wildman–Crippen LogP) is 2.56. The Morgan fingerprint density at radius 3 is 2.50 bits per heavy atom. The minimum absolute atomic E-state index is 0.0139. The second-order valence-electron chi connectivity index (χ2n) is 6.20. The largest absolute Gasteiger partial charge is 0.353 e. The summed E-state index contributed by atoms with van der Waals surface area (Å²) in [6.07, 6.45) is 3.51. The van der Waals surface area contributed by atoms with Crippen molar-refractivity contribution in [2.75, 3.05) is 26.2 Å². The number of hydrogen-bond acceptors (Lipinski definition) is 3. The smallest absolute Gasteiger partial charge is 0.251 e. The zero-order valence-corrected chi connectivity index (χ0v) is 15.8. The molecule has 2 N–H and O–H groups in total. The molecule has 2 amide bonds. The fraction of sp³-hybridized carbons (Fsp3) is 0.556. The molecule has 24 heavy (non-hydrogen) atoms. The molecule has 1 aromatic carbocycles. The topological polar surface area (TPSA) is 61.4 Å². The second-order valence-corrected chi connectivity index (χ2v) is 7.11. The number of rotatable bonds is 7. The Morgan fingerprint density at radius 2 is 1.88 bits per heavy atom. The molecule has 1 aliphatic rings. The van der Waals surface area contributed by atoms with Gasteiger partial charge in [-0.3, -0.25) is 9.59 Å². The molecule has 2 rings (SSSR count). The summed E-state index contributed by atoms with van der Waals surface area (Å²) in [6.45, 7) is 5.80. The molecule has 6 heteroatoms. The molecule has 0 saturated carbocycles. The van der Waals surface area contributed by atoms with Gasteiger partial charge in [-0.05, 0) is 50.1 Å². The van der Waals surface area contributed by atoms with Gasteiger partial charge in [0.1, 0.15) is 0 Å². The highest BCUT2D eigenvalue weighted by molar-refractivity contribution is 9.10. The summed E-state index contributed by atoms with van der Waals surface area (Å²) in [5.74, 6) is -0.136. The number of likely N-dealkylation sites (tertiary alicyclic amines) is 1. The van der Waals surface area contributed by atoms with E-state index in [1.807, 2.05) is 12.1 Å². The molecule has 132 valence electrons. The molecule has 1 saturated heterocycles. The summed E-state index contributed by atoms with van der Waals surface area (Å²) in [5.41, 5.74) is 0.599. The van der Waals surface area contributed by atoms with Gasteiger partial charge in [-0.1, -0.05) is 22.9 Å². The lowest BCUT2D eigenvalue weighted by molar-refractivity contribution is -0.121. The van der Waals surface area contributed by atoms with Crippen LogP contribution in [0.2, 0.25) is 0 Å². The number of carbonyl (C=O) groups is 2. The Bertz CT molecular complexity index is 540. The number of nitrogens with zero attached hydrogens (tertiary/aromatic N) is 1. The molecule has 0 atom stereocenters. The lowest BCUT2D eigenvalue weighted by Gasteiger charge is -2.32. The van der Waals surface area contributed by atoms with Crippen LogP contribution >= 0.6 is 15.9 Å². The van der Waals surface area contributed by atoms with Gasteiger partial charge in [0, 0.05) is 42.1 Å². The van der Waals surface area contributed by atoms with Crippen molar-refractivity contribution >= 4 is 27.7 Å². The van der Waals surface area contributed by atoms with Crippen LogP contribution in [0.15, 0.2) is 28.7 Å². The van der Waals surface area contributed by atoms with E-state index in [1.54, 1.807) is 12.1 Å². The Hall–Kier alpha value is -1.40. The van der Waals surface area contributed by atoms with Crippen LogP contribution in [-0.4, -0.2) is 48.9 Å². The van der Waals surface area contributed by atoms with Crippen molar-refractivity contribution in [3.8, 4) is 0 Å². The third-order valence-electron chi connectivity index (χ3n) is 4.24. The molecule has 5 nitrogen and oxygen atoms in total. The molecule has 0 bridgehead atoms. The van der Waals surface area contributed by atoms with Crippen molar-refractivity contribution in [3.63, 3.8) is 0 Å². The maximum Gasteiger partial charge on any atom is 0.251 e. The highest BCUT2D eigenvalue weighted by atomic mass is 79.9. The van der Waals surface area contributed by atoms with Gasteiger partial charge in [-0.15, -0.1) is 0 Å². The fourth-order valence-corrected chi connectivity index (χ4v) is 3.17. The normalized spacial score (nSPS) is 15.9. The first kappa shape index (κ1) is 18.9. The van der Waals surface area contributed by atoms with Crippen molar-refractivity contribution in [1.82, 2.24) is 15.5 Å². The Labute approximate surface area is 152 Å². The summed E-state index contributed by atoms with van der Waals surface area (Å²) < 4.78 is 0.934. The quantitative estimate of drug-likeness (QED) is 0.745. The standard InChI is InChI=1S/C18H26BrN3O2/c1-2-11-22-12-8-16(9-13-22)21-17(23)7-10-20-18(24)14-3-5-15(19)6-4-14/h3-6,16H,2,7-13H2,1H3,(H,20,24)(H,21,23). The number of piperidine rings is 1. The summed E-state index contributed by atoms with van der Waals surface area (Å²) in [7, 11) is 0. The summed E-state index contributed by atoms with van der Waals surface area (Å²) >= 11 is 3.34.